The lowest BCUT2D eigenvalue weighted by Gasteiger charge is -2.34. The number of amides is 1. The average molecular weight is 213 g/mol. The molecule has 1 rings (SSSR count). The molecule has 0 N–H and O–H groups in total. The first-order valence-electron chi connectivity index (χ1n) is 5.45. The molecule has 4 heteroatoms. The van der Waals surface area contributed by atoms with Gasteiger partial charge in [0.15, 0.2) is 0 Å². The summed E-state index contributed by atoms with van der Waals surface area (Å²) in [6.07, 6.45) is 2.47. The van der Waals surface area contributed by atoms with Crippen LogP contribution >= 0.6 is 0 Å². The molecule has 0 aliphatic carbocycles. The third kappa shape index (κ3) is 2.70. The topological polar surface area (TPSA) is 46.6 Å². The number of nitrogens with zero attached hydrogens (tertiary/aromatic N) is 1. The van der Waals surface area contributed by atoms with Crippen LogP contribution in [0.5, 0.6) is 0 Å². The minimum Gasteiger partial charge on any atom is -0.467 e. The van der Waals surface area contributed by atoms with Gasteiger partial charge in [-0.1, -0.05) is 13.8 Å². The number of esters is 1. The van der Waals surface area contributed by atoms with Gasteiger partial charge in [0.2, 0.25) is 5.91 Å². The Kier molecular flexibility index (Phi) is 4.12. The van der Waals surface area contributed by atoms with E-state index in [1.807, 2.05) is 13.8 Å². The van der Waals surface area contributed by atoms with E-state index in [1.54, 1.807) is 4.90 Å². The highest BCUT2D eigenvalue weighted by molar-refractivity contribution is 5.85. The zero-order valence-electron chi connectivity index (χ0n) is 9.66. The normalized spacial score (nSPS) is 19.2. The number of hydrogen-bond acceptors (Lipinski definition) is 3. The fourth-order valence-electron chi connectivity index (χ4n) is 2.00. The van der Waals surface area contributed by atoms with Gasteiger partial charge in [-0.25, -0.2) is 4.79 Å². The van der Waals surface area contributed by atoms with Gasteiger partial charge in [0.1, 0.15) is 6.04 Å². The van der Waals surface area contributed by atoms with E-state index >= 15 is 0 Å². The van der Waals surface area contributed by atoms with E-state index in [9.17, 15) is 9.59 Å². The van der Waals surface area contributed by atoms with Crippen LogP contribution in [0.4, 0.5) is 0 Å². The number of ether oxygens (including phenoxy) is 1. The molecule has 1 fully saturated rings. The molecule has 4 nitrogen and oxygen atoms in total. The molecule has 0 aromatic carbocycles. The number of likely N-dealkylation sites (tertiary alicyclic amines) is 1. The molecule has 1 unspecified atom stereocenters. The summed E-state index contributed by atoms with van der Waals surface area (Å²) in [5.41, 5.74) is 0. The lowest BCUT2D eigenvalue weighted by atomic mass is 9.99. The average Bonchev–Trinajstić information content (AvgIpc) is 2.20. The quantitative estimate of drug-likeness (QED) is 0.662. The summed E-state index contributed by atoms with van der Waals surface area (Å²) in [5.74, 6) is -0.134. The number of carbonyl (C=O) groups is 2. The lowest BCUT2D eigenvalue weighted by molar-refractivity contribution is -0.156. The fourth-order valence-corrected chi connectivity index (χ4v) is 2.00. The summed E-state index contributed by atoms with van der Waals surface area (Å²) in [4.78, 5) is 24.9. The maximum absolute atomic E-state index is 11.7. The van der Waals surface area contributed by atoms with E-state index in [4.69, 9.17) is 4.74 Å². The number of rotatable bonds is 3. The van der Waals surface area contributed by atoms with Crippen molar-refractivity contribution < 1.29 is 14.3 Å². The second kappa shape index (κ2) is 5.14. The molecule has 86 valence electrons. The molecular formula is C11H19NO3. The maximum Gasteiger partial charge on any atom is 0.328 e. The molecule has 0 spiro atoms. The van der Waals surface area contributed by atoms with Gasteiger partial charge < -0.3 is 9.64 Å². The number of methoxy groups -OCH3 is 1. The van der Waals surface area contributed by atoms with Crippen molar-refractivity contribution in [2.75, 3.05) is 13.7 Å². The first-order valence-corrected chi connectivity index (χ1v) is 5.45. The predicted octanol–water partition coefficient (Wildman–Crippen LogP) is 1.20. The van der Waals surface area contributed by atoms with Crippen LogP contribution in [0.25, 0.3) is 0 Å². The predicted molar refractivity (Wildman–Crippen MR) is 56.2 cm³/mol. The summed E-state index contributed by atoms with van der Waals surface area (Å²) in [6.45, 7) is 4.55. The summed E-state index contributed by atoms with van der Waals surface area (Å²) in [5, 5.41) is 0. The van der Waals surface area contributed by atoms with E-state index in [0.717, 1.165) is 12.8 Å². The van der Waals surface area contributed by atoms with Gasteiger partial charge >= 0.3 is 5.97 Å². The largest absolute Gasteiger partial charge is 0.467 e. The van der Waals surface area contributed by atoms with Crippen molar-refractivity contribution >= 4 is 11.9 Å². The monoisotopic (exact) mass is 213 g/mol. The first kappa shape index (κ1) is 12.0. The SMILES string of the molecule is COC(=O)C(C(C)C)N1CCCCC1=O. The van der Waals surface area contributed by atoms with Gasteiger partial charge in [-0.3, -0.25) is 4.79 Å². The van der Waals surface area contributed by atoms with E-state index in [-0.39, 0.29) is 17.8 Å². The zero-order valence-corrected chi connectivity index (χ0v) is 9.66. The molecule has 0 bridgehead atoms. The molecule has 0 radical (unpaired) electrons. The lowest BCUT2D eigenvalue weighted by Crippen LogP contribution is -2.50. The van der Waals surface area contributed by atoms with Crippen LogP contribution in [0, 0.1) is 5.92 Å². The number of piperidine rings is 1. The summed E-state index contributed by atoms with van der Waals surface area (Å²) in [7, 11) is 1.37. The van der Waals surface area contributed by atoms with Crippen LogP contribution in [-0.4, -0.2) is 36.5 Å². The van der Waals surface area contributed by atoms with Crippen LogP contribution in [0.2, 0.25) is 0 Å². The van der Waals surface area contributed by atoms with E-state index in [0.29, 0.717) is 13.0 Å². The molecule has 1 atom stereocenters. The highest BCUT2D eigenvalue weighted by atomic mass is 16.5. The third-order valence-electron chi connectivity index (χ3n) is 2.77. The Labute approximate surface area is 90.6 Å². The van der Waals surface area contributed by atoms with E-state index in [2.05, 4.69) is 0 Å². The Morgan fingerprint density at radius 2 is 2.07 bits per heavy atom. The highest BCUT2D eigenvalue weighted by Crippen LogP contribution is 2.19. The van der Waals surface area contributed by atoms with Crippen molar-refractivity contribution in [1.82, 2.24) is 4.90 Å². The van der Waals surface area contributed by atoms with Crippen molar-refractivity contribution in [1.29, 1.82) is 0 Å². The van der Waals surface area contributed by atoms with Crippen LogP contribution < -0.4 is 0 Å². The Hall–Kier alpha value is -1.06. The Bertz CT molecular complexity index is 250. The fraction of sp³-hybridized carbons (Fsp3) is 0.818. The molecule has 1 aliphatic heterocycles. The smallest absolute Gasteiger partial charge is 0.328 e. The Morgan fingerprint density at radius 3 is 2.53 bits per heavy atom. The van der Waals surface area contributed by atoms with Gasteiger partial charge in [0.25, 0.3) is 0 Å². The van der Waals surface area contributed by atoms with Gasteiger partial charge in [-0.05, 0) is 18.8 Å². The van der Waals surface area contributed by atoms with Crippen molar-refractivity contribution in [3.05, 3.63) is 0 Å². The van der Waals surface area contributed by atoms with Gasteiger partial charge in [0, 0.05) is 13.0 Å². The van der Waals surface area contributed by atoms with Gasteiger partial charge in [-0.2, -0.15) is 0 Å². The molecule has 0 aromatic rings. The zero-order chi connectivity index (χ0) is 11.4. The second-order valence-electron chi connectivity index (χ2n) is 4.26. The third-order valence-corrected chi connectivity index (χ3v) is 2.77. The van der Waals surface area contributed by atoms with E-state index in [1.165, 1.54) is 7.11 Å². The summed E-state index contributed by atoms with van der Waals surface area (Å²) in [6, 6.07) is -0.414. The van der Waals surface area contributed by atoms with Crippen LogP contribution in [-0.2, 0) is 14.3 Å². The minimum absolute atomic E-state index is 0.0744. The Morgan fingerprint density at radius 1 is 1.40 bits per heavy atom. The first-order chi connectivity index (χ1) is 7.07. The summed E-state index contributed by atoms with van der Waals surface area (Å²) >= 11 is 0. The number of hydrogen-bond donors (Lipinski definition) is 0. The van der Waals surface area contributed by atoms with Crippen LogP contribution in [0.3, 0.4) is 0 Å². The maximum atomic E-state index is 11.7. The van der Waals surface area contributed by atoms with Gasteiger partial charge in [0.05, 0.1) is 7.11 Å². The van der Waals surface area contributed by atoms with Crippen molar-refractivity contribution in [3.63, 3.8) is 0 Å². The van der Waals surface area contributed by atoms with E-state index < -0.39 is 6.04 Å². The second-order valence-corrected chi connectivity index (χ2v) is 4.26. The van der Waals surface area contributed by atoms with Gasteiger partial charge in [-0.15, -0.1) is 0 Å². The molecular weight excluding hydrogens is 194 g/mol. The molecule has 1 amide bonds. The molecule has 1 saturated heterocycles. The van der Waals surface area contributed by atoms with Crippen molar-refractivity contribution in [2.45, 2.75) is 39.2 Å². The van der Waals surface area contributed by atoms with Crippen molar-refractivity contribution in [3.8, 4) is 0 Å². The molecule has 0 aromatic heterocycles. The van der Waals surface area contributed by atoms with Crippen LogP contribution in [0.15, 0.2) is 0 Å². The van der Waals surface area contributed by atoms with Crippen LogP contribution in [0.1, 0.15) is 33.1 Å². The molecule has 1 aliphatic rings. The molecule has 1 heterocycles. The standard InChI is InChI=1S/C11H19NO3/c1-8(2)10(11(14)15-3)12-7-5-4-6-9(12)13/h8,10H,4-7H2,1-3H3. The molecule has 15 heavy (non-hydrogen) atoms. The summed E-state index contributed by atoms with van der Waals surface area (Å²) < 4.78 is 4.74. The minimum atomic E-state index is -0.414. The Balaban J connectivity index is 2.78. The number of carbonyl (C=O) groups excluding carboxylic acids is 2. The highest BCUT2D eigenvalue weighted by Gasteiger charge is 2.34. The molecule has 0 saturated carbocycles. The van der Waals surface area contributed by atoms with Crippen molar-refractivity contribution in [2.24, 2.45) is 5.92 Å².